The largest absolute Gasteiger partial charge is 0.456 e. The number of hydrogen-bond acceptors (Lipinski definition) is 4. The smallest absolute Gasteiger partial charge is 0.164 e. The Morgan fingerprint density at radius 1 is 0.303 bits per heavy atom. The Morgan fingerprint density at radius 3 is 1.47 bits per heavy atom. The van der Waals surface area contributed by atoms with Gasteiger partial charge >= 0.3 is 0 Å². The first-order chi connectivity index (χ1) is 32.7. The molecular formula is C61H38N4O. The molecule has 5 nitrogen and oxygen atoms in total. The summed E-state index contributed by atoms with van der Waals surface area (Å²) in [5.41, 5.74) is 14.3. The summed E-state index contributed by atoms with van der Waals surface area (Å²) >= 11 is 0. The van der Waals surface area contributed by atoms with Gasteiger partial charge in [-0.15, -0.1) is 0 Å². The van der Waals surface area contributed by atoms with E-state index in [1.165, 1.54) is 21.5 Å². The molecule has 0 N–H and O–H groups in total. The molecule has 0 saturated heterocycles. The fourth-order valence-corrected chi connectivity index (χ4v) is 9.65. The van der Waals surface area contributed by atoms with Crippen molar-refractivity contribution in [3.63, 3.8) is 0 Å². The normalized spacial score (nSPS) is 11.6. The molecule has 0 amide bonds. The molecule has 0 aliphatic rings. The summed E-state index contributed by atoms with van der Waals surface area (Å²) < 4.78 is 8.93. The number of para-hydroxylation sites is 2. The van der Waals surface area contributed by atoms with Gasteiger partial charge in [-0.05, 0) is 87.1 Å². The van der Waals surface area contributed by atoms with Crippen LogP contribution in [0.2, 0.25) is 0 Å². The highest BCUT2D eigenvalue weighted by molar-refractivity contribution is 6.16. The van der Waals surface area contributed by atoms with Crippen LogP contribution in [0.4, 0.5) is 0 Å². The van der Waals surface area contributed by atoms with Gasteiger partial charge in [0.2, 0.25) is 0 Å². The van der Waals surface area contributed by atoms with Crippen LogP contribution in [0, 0.1) is 0 Å². The van der Waals surface area contributed by atoms with Gasteiger partial charge in [0.1, 0.15) is 11.2 Å². The van der Waals surface area contributed by atoms with Gasteiger partial charge in [0.05, 0.1) is 16.7 Å². The molecule has 0 aliphatic heterocycles. The van der Waals surface area contributed by atoms with E-state index < -0.39 is 0 Å². The Labute approximate surface area is 380 Å². The molecule has 0 aliphatic carbocycles. The zero-order valence-electron chi connectivity index (χ0n) is 35.6. The summed E-state index contributed by atoms with van der Waals surface area (Å²) in [7, 11) is 0. The summed E-state index contributed by atoms with van der Waals surface area (Å²) in [6.45, 7) is 0. The molecule has 10 aromatic carbocycles. The third kappa shape index (κ3) is 6.36. The lowest BCUT2D eigenvalue weighted by Gasteiger charge is -2.17. The molecule has 5 heteroatoms. The van der Waals surface area contributed by atoms with E-state index in [9.17, 15) is 0 Å². The Morgan fingerprint density at radius 2 is 0.803 bits per heavy atom. The highest BCUT2D eigenvalue weighted by atomic mass is 16.3. The fourth-order valence-electron chi connectivity index (χ4n) is 9.65. The number of hydrogen-bond donors (Lipinski definition) is 0. The highest BCUT2D eigenvalue weighted by Gasteiger charge is 2.22. The lowest BCUT2D eigenvalue weighted by Crippen LogP contribution is -2.02. The van der Waals surface area contributed by atoms with Crippen LogP contribution in [-0.4, -0.2) is 19.5 Å². The maximum absolute atomic E-state index is 6.51. The third-order valence-electron chi connectivity index (χ3n) is 12.9. The van der Waals surface area contributed by atoms with Gasteiger partial charge in [-0.1, -0.05) is 182 Å². The monoisotopic (exact) mass is 842 g/mol. The average Bonchev–Trinajstić information content (AvgIpc) is 3.94. The molecule has 0 saturated carbocycles. The second-order valence-corrected chi connectivity index (χ2v) is 16.8. The zero-order chi connectivity index (χ0) is 43.6. The van der Waals surface area contributed by atoms with Crippen molar-refractivity contribution in [3.8, 4) is 73.2 Å². The lowest BCUT2D eigenvalue weighted by molar-refractivity contribution is 0.669. The van der Waals surface area contributed by atoms with Gasteiger partial charge in [-0.25, -0.2) is 15.0 Å². The SMILES string of the molecule is c1ccc(-c2ccc(-c3nc(-c4ccc(-c5ccccc5)cc4)nc(-c4ccc(-n5c6ccccc6c6cc7ccccc7cc65)c(-c5cccc6oc7ccccc7c56)c4)n3)cc2)cc1. The molecule has 0 fully saturated rings. The summed E-state index contributed by atoms with van der Waals surface area (Å²) in [6, 6.07) is 81.1. The van der Waals surface area contributed by atoms with Crippen molar-refractivity contribution in [1.29, 1.82) is 0 Å². The van der Waals surface area contributed by atoms with Crippen LogP contribution in [0.15, 0.2) is 235 Å². The molecule has 0 unspecified atom stereocenters. The maximum Gasteiger partial charge on any atom is 0.164 e. The molecule has 308 valence electrons. The second-order valence-electron chi connectivity index (χ2n) is 16.8. The quantitative estimate of drug-likeness (QED) is 0.160. The van der Waals surface area contributed by atoms with E-state index in [1.807, 2.05) is 24.3 Å². The number of nitrogens with zero attached hydrogens (tertiary/aromatic N) is 4. The summed E-state index contributed by atoms with van der Waals surface area (Å²) in [5, 5.41) is 6.93. The van der Waals surface area contributed by atoms with Crippen molar-refractivity contribution >= 4 is 54.5 Å². The standard InChI is InChI=1S/C61H38N4O/c1-3-14-39(15-4-1)41-26-30-43(31-27-41)59-62-60(44-32-28-42(29-33-44)40-16-5-2-6-17-40)64-61(63-59)47-34-35-54(52(37-47)49-22-13-25-57-58(49)50-21-10-12-24-56(50)66-57)65-53-23-11-9-20-48(53)51-36-45-18-7-8-19-46(45)38-55(51)65/h1-38H. The minimum Gasteiger partial charge on any atom is -0.456 e. The maximum atomic E-state index is 6.51. The zero-order valence-corrected chi connectivity index (χ0v) is 35.6. The highest BCUT2D eigenvalue weighted by Crippen LogP contribution is 2.43. The van der Waals surface area contributed by atoms with Crippen LogP contribution in [0.5, 0.6) is 0 Å². The van der Waals surface area contributed by atoms with Crippen molar-refractivity contribution in [1.82, 2.24) is 19.5 Å². The Kier molecular flexibility index (Phi) is 8.78. The second kappa shape index (κ2) is 15.4. The molecule has 0 atom stereocenters. The topological polar surface area (TPSA) is 56.7 Å². The van der Waals surface area contributed by atoms with Crippen LogP contribution in [-0.2, 0) is 0 Å². The summed E-state index contributed by atoms with van der Waals surface area (Å²) in [5.74, 6) is 1.79. The molecule has 66 heavy (non-hydrogen) atoms. The van der Waals surface area contributed by atoms with Gasteiger partial charge in [0, 0.05) is 43.8 Å². The molecule has 3 aromatic heterocycles. The molecule has 0 bridgehead atoms. The van der Waals surface area contributed by atoms with Crippen LogP contribution in [0.1, 0.15) is 0 Å². The van der Waals surface area contributed by atoms with Gasteiger partial charge in [0.15, 0.2) is 17.5 Å². The first kappa shape index (κ1) is 37.6. The van der Waals surface area contributed by atoms with Crippen LogP contribution in [0.25, 0.3) is 128 Å². The van der Waals surface area contributed by atoms with Gasteiger partial charge in [-0.2, -0.15) is 0 Å². The van der Waals surface area contributed by atoms with E-state index in [1.54, 1.807) is 0 Å². The number of furan rings is 1. The fraction of sp³-hybridized carbons (Fsp3) is 0. The number of aromatic nitrogens is 4. The molecule has 0 radical (unpaired) electrons. The molecule has 3 heterocycles. The third-order valence-corrected chi connectivity index (χ3v) is 12.9. The predicted octanol–water partition coefficient (Wildman–Crippen LogP) is 16.0. The van der Waals surface area contributed by atoms with Crippen molar-refractivity contribution in [2.24, 2.45) is 0 Å². The predicted molar refractivity (Wildman–Crippen MR) is 272 cm³/mol. The number of fused-ring (bicyclic) bond motifs is 7. The molecule has 13 rings (SSSR count). The number of benzene rings is 10. The summed E-state index contributed by atoms with van der Waals surface area (Å²) in [4.78, 5) is 15.7. The minimum absolute atomic E-state index is 0.583. The van der Waals surface area contributed by atoms with Crippen LogP contribution < -0.4 is 0 Å². The van der Waals surface area contributed by atoms with E-state index in [0.717, 1.165) is 88.7 Å². The first-order valence-electron chi connectivity index (χ1n) is 22.3. The van der Waals surface area contributed by atoms with Gasteiger partial charge in [-0.3, -0.25) is 0 Å². The van der Waals surface area contributed by atoms with Gasteiger partial charge < -0.3 is 8.98 Å². The van der Waals surface area contributed by atoms with E-state index >= 15 is 0 Å². The average molecular weight is 843 g/mol. The van der Waals surface area contributed by atoms with Crippen molar-refractivity contribution in [2.45, 2.75) is 0 Å². The summed E-state index contributed by atoms with van der Waals surface area (Å²) in [6.07, 6.45) is 0. The van der Waals surface area contributed by atoms with Crippen molar-refractivity contribution in [2.75, 3.05) is 0 Å². The van der Waals surface area contributed by atoms with Crippen molar-refractivity contribution in [3.05, 3.63) is 231 Å². The van der Waals surface area contributed by atoms with E-state index in [-0.39, 0.29) is 0 Å². The van der Waals surface area contributed by atoms with Crippen molar-refractivity contribution < 1.29 is 4.42 Å². The van der Waals surface area contributed by atoms with E-state index in [4.69, 9.17) is 19.4 Å². The van der Waals surface area contributed by atoms with E-state index in [0.29, 0.717) is 17.5 Å². The minimum atomic E-state index is 0.583. The molecule has 0 spiro atoms. The Hall–Kier alpha value is -8.93. The number of rotatable bonds is 7. The Balaban J connectivity index is 1.05. The van der Waals surface area contributed by atoms with Crippen LogP contribution >= 0.6 is 0 Å². The van der Waals surface area contributed by atoms with E-state index in [2.05, 4.69) is 211 Å². The molecule has 13 aromatic rings. The Bertz CT molecular complexity index is 3860. The first-order valence-corrected chi connectivity index (χ1v) is 22.3. The van der Waals surface area contributed by atoms with Crippen LogP contribution in [0.3, 0.4) is 0 Å². The van der Waals surface area contributed by atoms with Gasteiger partial charge in [0.25, 0.3) is 0 Å². The molecular weight excluding hydrogens is 805 g/mol. The lowest BCUT2D eigenvalue weighted by atomic mass is 9.95.